The monoisotopic (exact) mass is 297 g/mol. The van der Waals surface area contributed by atoms with Crippen LogP contribution < -0.4 is 14.8 Å². The van der Waals surface area contributed by atoms with Gasteiger partial charge < -0.3 is 24.6 Å². The molecule has 2 N–H and O–H groups in total. The quantitative estimate of drug-likeness (QED) is 0.612. The zero-order valence-corrected chi connectivity index (χ0v) is 13.2. The highest BCUT2D eigenvalue weighted by molar-refractivity contribution is 5.43. The smallest absolute Gasteiger partial charge is 0.161 e. The van der Waals surface area contributed by atoms with Crippen LogP contribution in [0.5, 0.6) is 11.5 Å². The van der Waals surface area contributed by atoms with E-state index >= 15 is 0 Å². The molecule has 0 heterocycles. The maximum absolute atomic E-state index is 8.62. The van der Waals surface area contributed by atoms with Crippen LogP contribution in [0.15, 0.2) is 18.2 Å². The number of nitrogens with one attached hydrogen (secondary N) is 1. The third-order valence-corrected chi connectivity index (χ3v) is 2.74. The summed E-state index contributed by atoms with van der Waals surface area (Å²) in [5.41, 5.74) is 1.16. The highest BCUT2D eigenvalue weighted by Gasteiger charge is 2.07. The molecule has 1 aromatic rings. The van der Waals surface area contributed by atoms with Crippen molar-refractivity contribution >= 4 is 0 Å². The Morgan fingerprint density at radius 2 is 1.90 bits per heavy atom. The van der Waals surface area contributed by atoms with Crippen molar-refractivity contribution in [3.8, 4) is 11.5 Å². The van der Waals surface area contributed by atoms with Crippen LogP contribution in [-0.2, 0) is 11.3 Å². The normalized spacial score (nSPS) is 10.9. The molecule has 0 aliphatic heterocycles. The van der Waals surface area contributed by atoms with E-state index in [4.69, 9.17) is 19.3 Å². The molecule has 21 heavy (non-hydrogen) atoms. The molecule has 0 spiro atoms. The number of rotatable bonds is 11. The fourth-order valence-corrected chi connectivity index (χ4v) is 1.75. The van der Waals surface area contributed by atoms with Gasteiger partial charge in [0.25, 0.3) is 0 Å². The van der Waals surface area contributed by atoms with Crippen LogP contribution in [0.2, 0.25) is 0 Å². The minimum absolute atomic E-state index is 0.0295. The standard InChI is InChI=1S/C16H27NO4/c1-4-20-16-11-14(12-17-13(2)3)5-6-15(16)21-10-9-19-8-7-18/h5-6,11,13,17-18H,4,7-10,12H2,1-3H3. The molecule has 0 fully saturated rings. The molecule has 1 aromatic carbocycles. The summed E-state index contributed by atoms with van der Waals surface area (Å²) in [5.74, 6) is 1.47. The maximum atomic E-state index is 8.62. The molecule has 1 rings (SSSR count). The Kier molecular flexibility index (Phi) is 8.82. The minimum Gasteiger partial charge on any atom is -0.490 e. The van der Waals surface area contributed by atoms with Crippen molar-refractivity contribution < 1.29 is 19.3 Å². The van der Waals surface area contributed by atoms with Gasteiger partial charge in [0.15, 0.2) is 11.5 Å². The molecule has 0 aliphatic carbocycles. The lowest BCUT2D eigenvalue weighted by molar-refractivity contribution is 0.0697. The van der Waals surface area contributed by atoms with Crippen molar-refractivity contribution in [2.24, 2.45) is 0 Å². The maximum Gasteiger partial charge on any atom is 0.161 e. The van der Waals surface area contributed by atoms with E-state index in [1.54, 1.807) is 0 Å². The predicted octanol–water partition coefficient (Wildman–Crippen LogP) is 1.97. The summed E-state index contributed by atoms with van der Waals surface area (Å²) in [4.78, 5) is 0. The van der Waals surface area contributed by atoms with Crippen LogP contribution in [0.1, 0.15) is 26.3 Å². The number of benzene rings is 1. The second-order valence-corrected chi connectivity index (χ2v) is 4.93. The average molecular weight is 297 g/mol. The molecule has 0 saturated heterocycles. The highest BCUT2D eigenvalue weighted by atomic mass is 16.5. The van der Waals surface area contributed by atoms with E-state index in [0.29, 0.717) is 32.5 Å². The van der Waals surface area contributed by atoms with Gasteiger partial charge in [0, 0.05) is 12.6 Å². The first kappa shape index (κ1) is 17.8. The third-order valence-electron chi connectivity index (χ3n) is 2.74. The van der Waals surface area contributed by atoms with E-state index in [2.05, 4.69) is 19.2 Å². The predicted molar refractivity (Wildman–Crippen MR) is 83.0 cm³/mol. The van der Waals surface area contributed by atoms with Gasteiger partial charge in [-0.25, -0.2) is 0 Å². The summed E-state index contributed by atoms with van der Waals surface area (Å²) in [6.45, 7) is 8.83. The van der Waals surface area contributed by atoms with Gasteiger partial charge in [0.2, 0.25) is 0 Å². The highest BCUT2D eigenvalue weighted by Crippen LogP contribution is 2.28. The second-order valence-electron chi connectivity index (χ2n) is 4.93. The van der Waals surface area contributed by atoms with Gasteiger partial charge in [-0.2, -0.15) is 0 Å². The van der Waals surface area contributed by atoms with E-state index in [0.717, 1.165) is 23.6 Å². The van der Waals surface area contributed by atoms with Crippen LogP contribution in [0.3, 0.4) is 0 Å². The largest absolute Gasteiger partial charge is 0.490 e. The van der Waals surface area contributed by atoms with E-state index in [1.165, 1.54) is 0 Å². The molecule has 5 nitrogen and oxygen atoms in total. The van der Waals surface area contributed by atoms with Gasteiger partial charge in [-0.05, 0) is 24.6 Å². The van der Waals surface area contributed by atoms with Crippen LogP contribution in [0.25, 0.3) is 0 Å². The Hall–Kier alpha value is -1.30. The van der Waals surface area contributed by atoms with Crippen molar-refractivity contribution in [1.29, 1.82) is 0 Å². The Morgan fingerprint density at radius 3 is 2.57 bits per heavy atom. The molecular weight excluding hydrogens is 270 g/mol. The number of aliphatic hydroxyl groups excluding tert-OH is 1. The van der Waals surface area contributed by atoms with Crippen LogP contribution in [0.4, 0.5) is 0 Å². The van der Waals surface area contributed by atoms with Crippen LogP contribution in [-0.4, -0.2) is 44.2 Å². The molecular formula is C16H27NO4. The summed E-state index contributed by atoms with van der Waals surface area (Å²) in [6, 6.07) is 6.40. The zero-order chi connectivity index (χ0) is 15.5. The SMILES string of the molecule is CCOc1cc(CNC(C)C)ccc1OCCOCCO. The minimum atomic E-state index is 0.0295. The topological polar surface area (TPSA) is 60.0 Å². The molecule has 0 unspecified atom stereocenters. The van der Waals surface area contributed by atoms with Gasteiger partial charge in [0.1, 0.15) is 6.61 Å². The lowest BCUT2D eigenvalue weighted by Crippen LogP contribution is -2.21. The molecule has 5 heteroatoms. The second kappa shape index (κ2) is 10.4. The summed E-state index contributed by atoms with van der Waals surface area (Å²) in [6.07, 6.45) is 0. The van der Waals surface area contributed by atoms with Crippen molar-refractivity contribution in [3.05, 3.63) is 23.8 Å². The Morgan fingerprint density at radius 1 is 1.10 bits per heavy atom. The summed E-state index contributed by atoms with van der Waals surface area (Å²) >= 11 is 0. The first-order chi connectivity index (χ1) is 10.2. The average Bonchev–Trinajstić information content (AvgIpc) is 2.47. The van der Waals surface area contributed by atoms with Crippen molar-refractivity contribution in [2.45, 2.75) is 33.4 Å². The Bertz CT molecular complexity index is 396. The lowest BCUT2D eigenvalue weighted by atomic mass is 10.2. The fourth-order valence-electron chi connectivity index (χ4n) is 1.75. The molecule has 120 valence electrons. The molecule has 0 radical (unpaired) electrons. The first-order valence-corrected chi connectivity index (χ1v) is 7.47. The van der Waals surface area contributed by atoms with Gasteiger partial charge >= 0.3 is 0 Å². The number of aliphatic hydroxyl groups is 1. The van der Waals surface area contributed by atoms with Gasteiger partial charge in [-0.15, -0.1) is 0 Å². The van der Waals surface area contributed by atoms with Crippen LogP contribution >= 0.6 is 0 Å². The number of ether oxygens (including phenoxy) is 3. The molecule has 0 aliphatic rings. The summed E-state index contributed by atoms with van der Waals surface area (Å²) in [5, 5.41) is 12.0. The van der Waals surface area contributed by atoms with Crippen molar-refractivity contribution in [2.75, 3.05) is 33.0 Å². The Balaban J connectivity index is 2.56. The zero-order valence-electron chi connectivity index (χ0n) is 13.2. The first-order valence-electron chi connectivity index (χ1n) is 7.47. The number of hydrogen-bond donors (Lipinski definition) is 2. The van der Waals surface area contributed by atoms with E-state index in [-0.39, 0.29) is 6.61 Å². The number of hydrogen-bond acceptors (Lipinski definition) is 5. The van der Waals surface area contributed by atoms with E-state index < -0.39 is 0 Å². The summed E-state index contributed by atoms with van der Waals surface area (Å²) < 4.78 is 16.5. The lowest BCUT2D eigenvalue weighted by Gasteiger charge is -2.14. The molecule has 0 amide bonds. The molecule has 0 aromatic heterocycles. The van der Waals surface area contributed by atoms with Crippen molar-refractivity contribution in [1.82, 2.24) is 5.32 Å². The fraction of sp³-hybridized carbons (Fsp3) is 0.625. The van der Waals surface area contributed by atoms with Gasteiger partial charge in [0.05, 0.1) is 26.4 Å². The third kappa shape index (κ3) is 7.32. The van der Waals surface area contributed by atoms with E-state index in [1.807, 2.05) is 25.1 Å². The molecule has 0 bridgehead atoms. The van der Waals surface area contributed by atoms with Crippen LogP contribution in [0, 0.1) is 0 Å². The van der Waals surface area contributed by atoms with E-state index in [9.17, 15) is 0 Å². The molecule has 0 atom stereocenters. The Labute approximate surface area is 127 Å². The van der Waals surface area contributed by atoms with Gasteiger partial charge in [-0.3, -0.25) is 0 Å². The van der Waals surface area contributed by atoms with Crippen molar-refractivity contribution in [3.63, 3.8) is 0 Å². The molecule has 0 saturated carbocycles. The van der Waals surface area contributed by atoms with Gasteiger partial charge in [-0.1, -0.05) is 19.9 Å². The summed E-state index contributed by atoms with van der Waals surface area (Å²) in [7, 11) is 0.